The molecule has 1 saturated heterocycles. The van der Waals surface area contributed by atoms with E-state index in [1.54, 1.807) is 18.4 Å². The summed E-state index contributed by atoms with van der Waals surface area (Å²) < 4.78 is 5.28. The maximum Gasteiger partial charge on any atom is 0.196 e. The summed E-state index contributed by atoms with van der Waals surface area (Å²) in [5.74, 6) is 0.647. The van der Waals surface area contributed by atoms with E-state index < -0.39 is 0 Å². The van der Waals surface area contributed by atoms with E-state index in [1.807, 2.05) is 6.92 Å². The van der Waals surface area contributed by atoms with E-state index in [0.29, 0.717) is 5.92 Å². The molecule has 84 valence electrons. The molecule has 0 bridgehead atoms. The summed E-state index contributed by atoms with van der Waals surface area (Å²) in [7, 11) is 3.91. The molecular formula is C11H18N2OS. The van der Waals surface area contributed by atoms with Crippen molar-refractivity contribution in [2.45, 2.75) is 25.7 Å². The van der Waals surface area contributed by atoms with Gasteiger partial charge in [-0.2, -0.15) is 0 Å². The monoisotopic (exact) mass is 226 g/mol. The highest BCUT2D eigenvalue weighted by molar-refractivity contribution is 7.13. The van der Waals surface area contributed by atoms with Gasteiger partial charge < -0.3 is 9.64 Å². The molecule has 0 amide bonds. The van der Waals surface area contributed by atoms with Gasteiger partial charge in [-0.1, -0.05) is 11.3 Å². The van der Waals surface area contributed by atoms with Crippen LogP contribution in [0.25, 0.3) is 0 Å². The van der Waals surface area contributed by atoms with E-state index in [0.717, 1.165) is 10.8 Å². The highest BCUT2D eigenvalue weighted by Crippen LogP contribution is 2.35. The molecule has 4 heteroatoms. The molecule has 1 aliphatic rings. The fraction of sp³-hybridized carbons (Fsp3) is 0.727. The van der Waals surface area contributed by atoms with E-state index >= 15 is 0 Å². The van der Waals surface area contributed by atoms with Crippen LogP contribution in [0, 0.1) is 6.92 Å². The van der Waals surface area contributed by atoms with Gasteiger partial charge in [-0.15, -0.1) is 0 Å². The number of hydrogen-bond donors (Lipinski definition) is 0. The lowest BCUT2D eigenvalue weighted by Gasteiger charge is -2.27. The van der Waals surface area contributed by atoms with Crippen LogP contribution in [0.4, 0.5) is 0 Å². The Hall–Kier alpha value is -0.610. The zero-order chi connectivity index (χ0) is 10.8. The Morgan fingerprint density at radius 3 is 2.60 bits per heavy atom. The topological polar surface area (TPSA) is 25.4 Å². The van der Waals surface area contributed by atoms with Crippen molar-refractivity contribution in [3.8, 4) is 5.06 Å². The molecule has 15 heavy (non-hydrogen) atoms. The Labute approximate surface area is 95.1 Å². The summed E-state index contributed by atoms with van der Waals surface area (Å²) in [4.78, 5) is 6.99. The SMILES string of the molecule is COc1sc(C2CCN(C)CC2)nc1C. The van der Waals surface area contributed by atoms with E-state index in [1.165, 1.54) is 30.9 Å². The maximum atomic E-state index is 5.28. The van der Waals surface area contributed by atoms with Gasteiger partial charge in [-0.3, -0.25) is 0 Å². The molecule has 1 aromatic rings. The first kappa shape index (κ1) is 10.9. The first-order chi connectivity index (χ1) is 7.20. The number of hydrogen-bond acceptors (Lipinski definition) is 4. The summed E-state index contributed by atoms with van der Waals surface area (Å²) in [6.45, 7) is 4.39. The second-order valence-corrected chi connectivity index (χ2v) is 5.20. The van der Waals surface area contributed by atoms with Crippen molar-refractivity contribution >= 4 is 11.3 Å². The van der Waals surface area contributed by atoms with Crippen molar-refractivity contribution in [1.82, 2.24) is 9.88 Å². The summed E-state index contributed by atoms with van der Waals surface area (Å²) >= 11 is 1.72. The second kappa shape index (κ2) is 4.49. The Morgan fingerprint density at radius 2 is 2.07 bits per heavy atom. The number of rotatable bonds is 2. The molecule has 2 rings (SSSR count). The molecule has 0 aromatic carbocycles. The third kappa shape index (κ3) is 2.32. The van der Waals surface area contributed by atoms with Gasteiger partial charge in [0.15, 0.2) is 5.06 Å². The van der Waals surface area contributed by atoms with Crippen LogP contribution < -0.4 is 4.74 Å². The van der Waals surface area contributed by atoms with E-state index in [-0.39, 0.29) is 0 Å². The number of ether oxygens (including phenoxy) is 1. The fourth-order valence-electron chi connectivity index (χ4n) is 2.02. The Morgan fingerprint density at radius 1 is 1.40 bits per heavy atom. The van der Waals surface area contributed by atoms with Crippen LogP contribution in [0.5, 0.6) is 5.06 Å². The zero-order valence-electron chi connectivity index (χ0n) is 9.62. The molecule has 1 aliphatic heterocycles. The molecule has 1 aromatic heterocycles. The van der Waals surface area contributed by atoms with Crippen LogP contribution >= 0.6 is 11.3 Å². The average Bonchev–Trinajstić information content (AvgIpc) is 2.61. The minimum atomic E-state index is 0.647. The number of aryl methyl sites for hydroxylation is 1. The van der Waals surface area contributed by atoms with Gasteiger partial charge in [-0.05, 0) is 39.9 Å². The molecule has 2 heterocycles. The lowest BCUT2D eigenvalue weighted by atomic mass is 9.98. The average molecular weight is 226 g/mol. The largest absolute Gasteiger partial charge is 0.486 e. The van der Waals surface area contributed by atoms with Gasteiger partial charge >= 0.3 is 0 Å². The van der Waals surface area contributed by atoms with Crippen LogP contribution in [-0.4, -0.2) is 37.1 Å². The number of likely N-dealkylation sites (tertiary alicyclic amines) is 1. The Balaban J connectivity index is 2.09. The first-order valence-electron chi connectivity index (χ1n) is 5.40. The summed E-state index contributed by atoms with van der Waals surface area (Å²) in [5.41, 5.74) is 1.04. The quantitative estimate of drug-likeness (QED) is 0.773. The highest BCUT2D eigenvalue weighted by Gasteiger charge is 2.22. The number of aromatic nitrogens is 1. The second-order valence-electron chi connectivity index (χ2n) is 4.21. The summed E-state index contributed by atoms with van der Waals surface area (Å²) in [6.07, 6.45) is 2.46. The molecule has 0 saturated carbocycles. The fourth-order valence-corrected chi connectivity index (χ4v) is 3.07. The number of thiazole rings is 1. The van der Waals surface area contributed by atoms with Crippen LogP contribution in [0.15, 0.2) is 0 Å². The van der Waals surface area contributed by atoms with Crippen LogP contribution in [-0.2, 0) is 0 Å². The predicted molar refractivity (Wildman–Crippen MR) is 62.9 cm³/mol. The van der Waals surface area contributed by atoms with E-state index in [2.05, 4.69) is 16.9 Å². The van der Waals surface area contributed by atoms with Gasteiger partial charge in [0.25, 0.3) is 0 Å². The molecule has 0 radical (unpaired) electrons. The molecule has 0 unspecified atom stereocenters. The smallest absolute Gasteiger partial charge is 0.196 e. The van der Waals surface area contributed by atoms with Gasteiger partial charge in [-0.25, -0.2) is 4.98 Å². The normalized spacial score (nSPS) is 19.4. The highest BCUT2D eigenvalue weighted by atomic mass is 32.1. The molecule has 0 N–H and O–H groups in total. The molecule has 0 atom stereocenters. The maximum absolute atomic E-state index is 5.28. The lowest BCUT2D eigenvalue weighted by Crippen LogP contribution is -2.29. The minimum Gasteiger partial charge on any atom is -0.486 e. The number of piperidine rings is 1. The van der Waals surface area contributed by atoms with Crippen LogP contribution in [0.1, 0.15) is 29.5 Å². The van der Waals surface area contributed by atoms with Gasteiger partial charge in [0.1, 0.15) is 0 Å². The summed E-state index contributed by atoms with van der Waals surface area (Å²) in [6, 6.07) is 0. The zero-order valence-corrected chi connectivity index (χ0v) is 10.4. The molecule has 0 spiro atoms. The number of nitrogens with zero attached hydrogens (tertiary/aromatic N) is 2. The first-order valence-corrected chi connectivity index (χ1v) is 6.22. The lowest BCUT2D eigenvalue weighted by molar-refractivity contribution is 0.255. The van der Waals surface area contributed by atoms with Crippen LogP contribution in [0.3, 0.4) is 0 Å². The van der Waals surface area contributed by atoms with E-state index in [9.17, 15) is 0 Å². The molecular weight excluding hydrogens is 208 g/mol. The minimum absolute atomic E-state index is 0.647. The van der Waals surface area contributed by atoms with Crippen molar-refractivity contribution in [3.05, 3.63) is 10.7 Å². The predicted octanol–water partition coefficient (Wildman–Crippen LogP) is 2.27. The van der Waals surface area contributed by atoms with Crippen molar-refractivity contribution in [2.75, 3.05) is 27.2 Å². The molecule has 0 aliphatic carbocycles. The third-order valence-electron chi connectivity index (χ3n) is 3.02. The Kier molecular flexibility index (Phi) is 3.26. The van der Waals surface area contributed by atoms with Gasteiger partial charge in [0.05, 0.1) is 17.8 Å². The van der Waals surface area contributed by atoms with Crippen molar-refractivity contribution in [3.63, 3.8) is 0 Å². The Bertz CT molecular complexity index is 329. The molecule has 3 nitrogen and oxygen atoms in total. The molecule has 1 fully saturated rings. The van der Waals surface area contributed by atoms with Crippen LogP contribution in [0.2, 0.25) is 0 Å². The van der Waals surface area contributed by atoms with E-state index in [4.69, 9.17) is 4.74 Å². The van der Waals surface area contributed by atoms with Gasteiger partial charge in [0.2, 0.25) is 0 Å². The van der Waals surface area contributed by atoms with Crippen molar-refractivity contribution < 1.29 is 4.74 Å². The summed E-state index contributed by atoms with van der Waals surface area (Å²) in [5, 5.41) is 2.24. The van der Waals surface area contributed by atoms with Crippen molar-refractivity contribution in [2.24, 2.45) is 0 Å². The van der Waals surface area contributed by atoms with Gasteiger partial charge in [0, 0.05) is 5.92 Å². The van der Waals surface area contributed by atoms with Crippen molar-refractivity contribution in [1.29, 1.82) is 0 Å². The number of methoxy groups -OCH3 is 1. The standard InChI is InChI=1S/C11H18N2OS/c1-8-11(14-3)15-10(12-8)9-4-6-13(2)7-5-9/h9H,4-7H2,1-3H3. The third-order valence-corrected chi connectivity index (χ3v) is 4.31.